The lowest BCUT2D eigenvalue weighted by Crippen LogP contribution is -1.93. The molecule has 0 aliphatic heterocycles. The highest BCUT2D eigenvalue weighted by Crippen LogP contribution is 2.56. The van der Waals surface area contributed by atoms with Crippen molar-refractivity contribution >= 4 is 26.7 Å². The minimum Gasteiger partial charge on any atom is -0.343 e. The van der Waals surface area contributed by atoms with Crippen molar-refractivity contribution in [2.24, 2.45) is 0 Å². The minimum absolute atomic E-state index is 0.134. The van der Waals surface area contributed by atoms with Crippen LogP contribution >= 0.6 is 26.7 Å². The number of hydrogen-bond acceptors (Lipinski definition) is 3. The Kier molecular flexibility index (Phi) is 12.3. The second-order valence-corrected chi connectivity index (χ2v) is 12.5. The molecule has 0 radical (unpaired) electrons. The van der Waals surface area contributed by atoms with Crippen molar-refractivity contribution in [3.05, 3.63) is 34.9 Å². The highest BCUT2D eigenvalue weighted by Gasteiger charge is 2.29. The average Bonchev–Trinajstić information content (AvgIpc) is 2.40. The van der Waals surface area contributed by atoms with Crippen molar-refractivity contribution in [3.8, 4) is 0 Å². The molecule has 1 unspecified atom stereocenters. The Morgan fingerprint density at radius 1 is 0.880 bits per heavy atom. The molecule has 25 heavy (non-hydrogen) atoms. The number of allylic oxidation sites excluding steroid dienone is 5. The van der Waals surface area contributed by atoms with Crippen LogP contribution in [0, 0.1) is 0 Å². The van der Waals surface area contributed by atoms with Gasteiger partial charge < -0.3 is 14.7 Å². The van der Waals surface area contributed by atoms with Crippen LogP contribution in [-0.2, 0) is 9.13 Å². The van der Waals surface area contributed by atoms with E-state index in [-0.39, 0.29) is 5.49 Å². The first-order valence-electron chi connectivity index (χ1n) is 8.29. The average molecular weight is 410 g/mol. The van der Waals surface area contributed by atoms with E-state index < -0.39 is 20.9 Å². The maximum atomic E-state index is 11.7. The van der Waals surface area contributed by atoms with Gasteiger partial charge in [-0.2, -0.15) is 0 Å². The first kappa shape index (κ1) is 24.9. The fraction of sp³-hybridized carbons (Fsp3) is 0.647. The summed E-state index contributed by atoms with van der Waals surface area (Å²) in [4.78, 5) is 27.1. The molecule has 0 bridgehead atoms. The molecular weight excluding hydrogens is 378 g/mol. The van der Waals surface area contributed by atoms with Crippen molar-refractivity contribution in [3.63, 3.8) is 0 Å². The van der Waals surface area contributed by atoms with Gasteiger partial charge in [-0.05, 0) is 53.4 Å². The molecule has 0 saturated carbocycles. The van der Waals surface area contributed by atoms with E-state index in [4.69, 9.17) is 9.79 Å². The van der Waals surface area contributed by atoms with E-state index in [0.29, 0.717) is 5.75 Å². The van der Waals surface area contributed by atoms with E-state index in [2.05, 4.69) is 32.9 Å². The van der Waals surface area contributed by atoms with Gasteiger partial charge in [-0.1, -0.05) is 34.9 Å². The second kappa shape index (κ2) is 12.3. The van der Waals surface area contributed by atoms with E-state index in [9.17, 15) is 14.0 Å². The fourth-order valence-electron chi connectivity index (χ4n) is 2.06. The first-order valence-corrected chi connectivity index (χ1v) is 13.3. The maximum Gasteiger partial charge on any atom is 0.335 e. The number of thioether (sulfide) groups is 1. The fourth-order valence-corrected chi connectivity index (χ4v) is 7.39. The summed E-state index contributed by atoms with van der Waals surface area (Å²) in [5, 5.41) is 0. The van der Waals surface area contributed by atoms with Gasteiger partial charge in [0.15, 0.2) is 0 Å². The molecule has 0 spiro atoms. The molecule has 3 N–H and O–H groups in total. The molecule has 0 amide bonds. The van der Waals surface area contributed by atoms with Gasteiger partial charge >= 0.3 is 7.60 Å². The Labute approximate surface area is 156 Å². The van der Waals surface area contributed by atoms with Gasteiger partial charge in [-0.25, -0.2) is 0 Å². The molecule has 0 saturated heterocycles. The third kappa shape index (κ3) is 17.1. The summed E-state index contributed by atoms with van der Waals surface area (Å²) in [7, 11) is -8.22. The van der Waals surface area contributed by atoms with Crippen LogP contribution in [0.25, 0.3) is 0 Å². The van der Waals surface area contributed by atoms with Crippen LogP contribution in [0.4, 0.5) is 0 Å². The Balaban J connectivity index is 4.08. The minimum atomic E-state index is -4.45. The molecule has 8 heteroatoms. The van der Waals surface area contributed by atoms with E-state index in [1.165, 1.54) is 28.5 Å². The van der Waals surface area contributed by atoms with Crippen LogP contribution in [0.3, 0.4) is 0 Å². The highest BCUT2D eigenvalue weighted by atomic mass is 32.2. The predicted octanol–water partition coefficient (Wildman–Crippen LogP) is 5.50. The predicted molar refractivity (Wildman–Crippen MR) is 109 cm³/mol. The Bertz CT molecular complexity index is 586. The summed E-state index contributed by atoms with van der Waals surface area (Å²) in [6, 6.07) is 0. The Morgan fingerprint density at radius 3 is 1.92 bits per heavy atom. The van der Waals surface area contributed by atoms with Gasteiger partial charge in [0, 0.05) is 5.75 Å². The second-order valence-electron chi connectivity index (χ2n) is 6.61. The van der Waals surface area contributed by atoms with Crippen LogP contribution in [0.15, 0.2) is 34.9 Å². The lowest BCUT2D eigenvalue weighted by Gasteiger charge is -2.11. The third-order valence-electron chi connectivity index (χ3n) is 3.37. The summed E-state index contributed by atoms with van der Waals surface area (Å²) in [6.07, 6.45) is 10.6. The standard InChI is InChI=1S/C17H32O5P2S/c1-15(2)7-5-8-16(3)9-6-10-17(4)11-12-25-14-23(18,19)13-24(20,21)22/h7,9,11H,5-6,8,10,12-14H2,1-4H3,(H,18,19)(H2,20,21,22). The molecule has 5 nitrogen and oxygen atoms in total. The lowest BCUT2D eigenvalue weighted by molar-refractivity contribution is 0.376. The van der Waals surface area contributed by atoms with Gasteiger partial charge in [-0.3, -0.25) is 9.13 Å². The van der Waals surface area contributed by atoms with Gasteiger partial charge in [0.25, 0.3) is 0 Å². The highest BCUT2D eigenvalue weighted by molar-refractivity contribution is 8.05. The zero-order chi connectivity index (χ0) is 19.5. The molecular formula is C17H32O5P2S. The molecule has 0 aromatic heterocycles. The lowest BCUT2D eigenvalue weighted by atomic mass is 10.1. The normalized spacial score (nSPS) is 15.8. The Hall–Kier alpha value is -0.0900. The quantitative estimate of drug-likeness (QED) is 0.223. The molecule has 0 aromatic carbocycles. The van der Waals surface area contributed by atoms with Crippen LogP contribution in [-0.4, -0.2) is 31.8 Å². The van der Waals surface area contributed by atoms with E-state index in [1.54, 1.807) is 0 Å². The van der Waals surface area contributed by atoms with Gasteiger partial charge in [0.1, 0.15) is 5.90 Å². The molecule has 0 aromatic rings. The molecule has 0 heterocycles. The van der Waals surface area contributed by atoms with Crippen LogP contribution < -0.4 is 0 Å². The summed E-state index contributed by atoms with van der Waals surface area (Å²) in [5.74, 6) is -0.368. The summed E-state index contributed by atoms with van der Waals surface area (Å²) >= 11 is 1.23. The topological polar surface area (TPSA) is 94.8 Å². The summed E-state index contributed by atoms with van der Waals surface area (Å²) < 4.78 is 22.5. The Morgan fingerprint density at radius 2 is 1.40 bits per heavy atom. The maximum absolute atomic E-state index is 11.7. The SMILES string of the molecule is CC(C)=CCCC(C)=CCCC(C)=CCSCP(=O)(O)CP(=O)(O)O. The van der Waals surface area contributed by atoms with Crippen LogP contribution in [0.1, 0.15) is 53.4 Å². The zero-order valence-electron chi connectivity index (χ0n) is 15.6. The van der Waals surface area contributed by atoms with Crippen molar-refractivity contribution in [2.75, 3.05) is 17.1 Å². The third-order valence-corrected chi connectivity index (χ3v) is 9.36. The number of hydrogen-bond donors (Lipinski definition) is 3. The summed E-state index contributed by atoms with van der Waals surface area (Å²) in [6.45, 7) is 8.38. The molecule has 146 valence electrons. The molecule has 0 aliphatic rings. The number of rotatable bonds is 12. The van der Waals surface area contributed by atoms with Gasteiger partial charge in [-0.15, -0.1) is 11.8 Å². The molecule has 1 atom stereocenters. The molecule has 0 rings (SSSR count). The van der Waals surface area contributed by atoms with Crippen molar-refractivity contribution in [1.29, 1.82) is 0 Å². The zero-order valence-corrected chi connectivity index (χ0v) is 18.2. The van der Waals surface area contributed by atoms with Crippen molar-refractivity contribution in [1.82, 2.24) is 0 Å². The first-order chi connectivity index (χ1) is 11.4. The van der Waals surface area contributed by atoms with E-state index in [0.717, 1.165) is 25.7 Å². The van der Waals surface area contributed by atoms with Crippen LogP contribution in [0.5, 0.6) is 0 Å². The monoisotopic (exact) mass is 410 g/mol. The van der Waals surface area contributed by atoms with Gasteiger partial charge in [0.2, 0.25) is 7.37 Å². The summed E-state index contributed by atoms with van der Waals surface area (Å²) in [5.41, 5.74) is 3.81. The van der Waals surface area contributed by atoms with Crippen LogP contribution in [0.2, 0.25) is 0 Å². The van der Waals surface area contributed by atoms with Crippen molar-refractivity contribution in [2.45, 2.75) is 53.4 Å². The smallest absolute Gasteiger partial charge is 0.335 e. The van der Waals surface area contributed by atoms with Gasteiger partial charge in [0.05, 0.1) is 5.49 Å². The van der Waals surface area contributed by atoms with E-state index >= 15 is 0 Å². The molecule has 0 fully saturated rings. The van der Waals surface area contributed by atoms with Crippen molar-refractivity contribution < 1.29 is 23.8 Å². The van der Waals surface area contributed by atoms with E-state index in [1.807, 2.05) is 13.0 Å². The largest absolute Gasteiger partial charge is 0.343 e. The molecule has 0 aliphatic carbocycles.